The highest BCUT2D eigenvalue weighted by molar-refractivity contribution is 7.80. The van der Waals surface area contributed by atoms with E-state index in [2.05, 4.69) is 22.8 Å². The monoisotopic (exact) mass is 484 g/mol. The number of rotatable bonds is 7. The van der Waals surface area contributed by atoms with E-state index in [0.717, 1.165) is 22.4 Å². The minimum Gasteiger partial charge on any atom is -0.495 e. The fraction of sp³-hybridized carbons (Fsp3) is 0.240. The quantitative estimate of drug-likeness (QED) is 0.438. The lowest BCUT2D eigenvalue weighted by molar-refractivity contribution is -0.122. The Balaban J connectivity index is 1.65. The molecule has 0 radical (unpaired) electrons. The van der Waals surface area contributed by atoms with Gasteiger partial charge in [-0.25, -0.2) is 0 Å². The maximum absolute atomic E-state index is 12.7. The Morgan fingerprint density at radius 2 is 1.94 bits per heavy atom. The van der Waals surface area contributed by atoms with Gasteiger partial charge < -0.3 is 24.1 Å². The Morgan fingerprint density at radius 3 is 2.58 bits per heavy atom. The average molecular weight is 485 g/mol. The van der Waals surface area contributed by atoms with Gasteiger partial charge in [0.2, 0.25) is 5.91 Å². The van der Waals surface area contributed by atoms with E-state index < -0.39 is 0 Å². The van der Waals surface area contributed by atoms with Gasteiger partial charge in [0.05, 0.1) is 44.4 Å². The summed E-state index contributed by atoms with van der Waals surface area (Å²) in [6, 6.07) is 13.1. The molecule has 0 aliphatic carbocycles. The zero-order valence-corrected chi connectivity index (χ0v) is 20.2. The highest BCUT2D eigenvalue weighted by atomic mass is 35.5. The SMILES string of the molecule is COc1cc(/C=C2\c3ccc(Cl)cc3C(CC(=O)NCc3ccco3)N2C)cc(OC)c1S. The topological polar surface area (TPSA) is 63.9 Å². The minimum absolute atomic E-state index is 0.0711. The highest BCUT2D eigenvalue weighted by Crippen LogP contribution is 2.44. The molecule has 3 aromatic rings. The summed E-state index contributed by atoms with van der Waals surface area (Å²) in [5.74, 6) is 1.88. The van der Waals surface area contributed by atoms with E-state index in [1.165, 1.54) is 0 Å². The number of hydrogen-bond acceptors (Lipinski definition) is 6. The third-order valence-corrected chi connectivity index (χ3v) is 6.40. The summed E-state index contributed by atoms with van der Waals surface area (Å²) in [5, 5.41) is 3.56. The van der Waals surface area contributed by atoms with Gasteiger partial charge in [-0.3, -0.25) is 4.79 Å². The second-order valence-electron chi connectivity index (χ2n) is 7.72. The summed E-state index contributed by atoms with van der Waals surface area (Å²) in [5.41, 5.74) is 3.90. The Morgan fingerprint density at radius 1 is 1.21 bits per heavy atom. The number of amides is 1. The number of hydrogen-bond donors (Lipinski definition) is 2. The average Bonchev–Trinajstić information content (AvgIpc) is 3.41. The number of ether oxygens (including phenoxy) is 2. The summed E-state index contributed by atoms with van der Waals surface area (Å²) >= 11 is 10.8. The molecule has 33 heavy (non-hydrogen) atoms. The zero-order valence-electron chi connectivity index (χ0n) is 18.6. The number of benzene rings is 2. The van der Waals surface area contributed by atoms with Gasteiger partial charge in [0.15, 0.2) is 0 Å². The molecule has 4 rings (SSSR count). The van der Waals surface area contributed by atoms with Crippen molar-refractivity contribution in [2.75, 3.05) is 21.3 Å². The Kier molecular flexibility index (Phi) is 6.91. The molecule has 1 atom stereocenters. The van der Waals surface area contributed by atoms with Crippen LogP contribution in [0.2, 0.25) is 5.02 Å². The van der Waals surface area contributed by atoms with Crippen molar-refractivity contribution < 1.29 is 18.7 Å². The fourth-order valence-corrected chi connectivity index (χ4v) is 4.53. The maximum atomic E-state index is 12.7. The molecule has 172 valence electrons. The molecule has 1 N–H and O–H groups in total. The van der Waals surface area contributed by atoms with Crippen LogP contribution in [0.3, 0.4) is 0 Å². The number of halogens is 1. The number of nitrogens with one attached hydrogen (secondary N) is 1. The van der Waals surface area contributed by atoms with Gasteiger partial charge in [-0.1, -0.05) is 17.7 Å². The molecule has 8 heteroatoms. The van der Waals surface area contributed by atoms with Crippen molar-refractivity contribution in [3.05, 3.63) is 76.2 Å². The van der Waals surface area contributed by atoms with E-state index in [9.17, 15) is 4.79 Å². The van der Waals surface area contributed by atoms with E-state index in [1.54, 1.807) is 26.5 Å². The molecule has 0 saturated heterocycles. The van der Waals surface area contributed by atoms with E-state index in [1.807, 2.05) is 49.5 Å². The van der Waals surface area contributed by atoms with Crippen LogP contribution in [0, 0.1) is 0 Å². The first-order chi connectivity index (χ1) is 15.9. The molecule has 1 amide bonds. The van der Waals surface area contributed by atoms with Crippen molar-refractivity contribution >= 4 is 41.9 Å². The molecule has 1 aliphatic rings. The van der Waals surface area contributed by atoms with Gasteiger partial charge in [0, 0.05) is 23.3 Å². The third kappa shape index (κ3) is 4.84. The summed E-state index contributed by atoms with van der Waals surface area (Å²) < 4.78 is 16.2. The van der Waals surface area contributed by atoms with Gasteiger partial charge in [-0.15, -0.1) is 12.6 Å². The van der Waals surface area contributed by atoms with Crippen LogP contribution in [-0.2, 0) is 11.3 Å². The number of furan rings is 1. The van der Waals surface area contributed by atoms with Crippen LogP contribution in [0.4, 0.5) is 0 Å². The smallest absolute Gasteiger partial charge is 0.222 e. The molecular weight excluding hydrogens is 460 g/mol. The van der Waals surface area contributed by atoms with Crippen LogP contribution in [0.25, 0.3) is 11.8 Å². The van der Waals surface area contributed by atoms with Crippen molar-refractivity contribution in [1.82, 2.24) is 10.2 Å². The standard InChI is InChI=1S/C25H25ClN2O4S/c1-28-20(9-15-10-22(30-2)25(33)23(11-15)31-3)18-7-6-16(26)12-19(18)21(28)13-24(29)27-14-17-5-4-8-32-17/h4-12,21,33H,13-14H2,1-3H3,(H,27,29)/b20-9+. The number of carbonyl (C=O) groups is 1. The van der Waals surface area contributed by atoms with Crippen LogP contribution in [0.1, 0.15) is 34.9 Å². The molecule has 0 bridgehead atoms. The predicted molar refractivity (Wildman–Crippen MR) is 132 cm³/mol. The molecule has 6 nitrogen and oxygen atoms in total. The molecule has 0 fully saturated rings. The van der Waals surface area contributed by atoms with E-state index in [-0.39, 0.29) is 18.4 Å². The number of nitrogens with zero attached hydrogens (tertiary/aromatic N) is 1. The Labute approximate surface area is 203 Å². The van der Waals surface area contributed by atoms with Crippen molar-refractivity contribution in [3.8, 4) is 11.5 Å². The first-order valence-electron chi connectivity index (χ1n) is 10.4. The molecule has 2 aromatic carbocycles. The number of carbonyl (C=O) groups excluding carboxylic acids is 1. The molecule has 1 aliphatic heterocycles. The lowest BCUT2D eigenvalue weighted by Gasteiger charge is -2.23. The first kappa shape index (κ1) is 23.1. The summed E-state index contributed by atoms with van der Waals surface area (Å²) in [7, 11) is 5.18. The summed E-state index contributed by atoms with van der Waals surface area (Å²) in [4.78, 5) is 15.5. The van der Waals surface area contributed by atoms with Gasteiger partial charge in [0.1, 0.15) is 17.3 Å². The van der Waals surface area contributed by atoms with E-state index in [4.69, 9.17) is 25.5 Å². The van der Waals surface area contributed by atoms with Crippen LogP contribution < -0.4 is 14.8 Å². The number of methoxy groups -OCH3 is 2. The van der Waals surface area contributed by atoms with Gasteiger partial charge in [0.25, 0.3) is 0 Å². The van der Waals surface area contributed by atoms with Crippen LogP contribution >= 0.6 is 24.2 Å². The lowest BCUT2D eigenvalue weighted by Crippen LogP contribution is -2.27. The second-order valence-corrected chi connectivity index (χ2v) is 8.61. The van der Waals surface area contributed by atoms with Crippen molar-refractivity contribution in [1.29, 1.82) is 0 Å². The maximum Gasteiger partial charge on any atom is 0.222 e. The van der Waals surface area contributed by atoms with Crippen LogP contribution in [-0.4, -0.2) is 32.1 Å². The first-order valence-corrected chi connectivity index (χ1v) is 11.2. The molecular formula is C25H25ClN2O4S. The van der Waals surface area contributed by atoms with Crippen LogP contribution in [0.15, 0.2) is 58.0 Å². The molecule has 1 aromatic heterocycles. The fourth-order valence-electron chi connectivity index (χ4n) is 4.04. The lowest BCUT2D eigenvalue weighted by atomic mass is 10.0. The predicted octanol–water partition coefficient (Wildman–Crippen LogP) is 5.43. The largest absolute Gasteiger partial charge is 0.495 e. The van der Waals surface area contributed by atoms with Crippen molar-refractivity contribution in [2.24, 2.45) is 0 Å². The third-order valence-electron chi connectivity index (χ3n) is 5.72. The molecule has 0 spiro atoms. The van der Waals surface area contributed by atoms with Crippen LogP contribution in [0.5, 0.6) is 11.5 Å². The van der Waals surface area contributed by atoms with E-state index >= 15 is 0 Å². The van der Waals surface area contributed by atoms with Gasteiger partial charge >= 0.3 is 0 Å². The number of thiol groups is 1. The highest BCUT2D eigenvalue weighted by Gasteiger charge is 2.33. The molecule has 0 saturated carbocycles. The molecule has 2 heterocycles. The van der Waals surface area contributed by atoms with Crippen molar-refractivity contribution in [3.63, 3.8) is 0 Å². The minimum atomic E-state index is -0.158. The Bertz CT molecular complexity index is 1170. The van der Waals surface area contributed by atoms with E-state index in [0.29, 0.717) is 33.7 Å². The van der Waals surface area contributed by atoms with Gasteiger partial charge in [-0.05, 0) is 53.6 Å². The molecule has 1 unspecified atom stereocenters. The normalized spacial score (nSPS) is 16.1. The van der Waals surface area contributed by atoms with Crippen molar-refractivity contribution in [2.45, 2.75) is 23.9 Å². The van der Waals surface area contributed by atoms with Gasteiger partial charge in [-0.2, -0.15) is 0 Å². The summed E-state index contributed by atoms with van der Waals surface area (Å²) in [6.45, 7) is 0.350. The zero-order chi connectivity index (χ0) is 23.5. The summed E-state index contributed by atoms with van der Waals surface area (Å²) in [6.07, 6.45) is 3.92. The Hall–Kier alpha value is -3.03. The number of fused-ring (bicyclic) bond motifs is 1. The second kappa shape index (κ2) is 9.85.